The molecule has 0 saturated carbocycles. The lowest BCUT2D eigenvalue weighted by molar-refractivity contribution is 0.313. The van der Waals surface area contributed by atoms with Gasteiger partial charge in [0.05, 0.1) is 6.21 Å². The molecule has 0 amide bonds. The van der Waals surface area contributed by atoms with E-state index in [4.69, 9.17) is 0 Å². The third-order valence-corrected chi connectivity index (χ3v) is 5.70. The summed E-state index contributed by atoms with van der Waals surface area (Å²) in [5.74, 6) is 0. The second-order valence-corrected chi connectivity index (χ2v) is 9.38. The van der Waals surface area contributed by atoms with Gasteiger partial charge in [-0.25, -0.2) is 0 Å². The molecule has 1 aliphatic heterocycles. The zero-order chi connectivity index (χ0) is 16.3. The Morgan fingerprint density at radius 2 is 1.86 bits per heavy atom. The van der Waals surface area contributed by atoms with Crippen molar-refractivity contribution < 1.29 is 4.55 Å². The van der Waals surface area contributed by atoms with E-state index in [1.165, 1.54) is 5.69 Å². The molecule has 22 heavy (non-hydrogen) atoms. The first kappa shape index (κ1) is 17.8. The molecule has 1 fully saturated rings. The van der Waals surface area contributed by atoms with Crippen LogP contribution >= 0.6 is 15.9 Å². The molecule has 0 aromatic heterocycles. The van der Waals surface area contributed by atoms with Crippen molar-refractivity contribution in [1.29, 1.82) is 0 Å². The summed E-state index contributed by atoms with van der Waals surface area (Å²) in [6, 6.07) is 6.26. The fourth-order valence-electron chi connectivity index (χ4n) is 2.14. The van der Waals surface area contributed by atoms with Crippen LogP contribution in [0.2, 0.25) is 0 Å². The average Bonchev–Trinajstić information content (AvgIpc) is 2.45. The standard InChI is InChI=1S/C16H24BrN3OS/c1-16(2,3)22(21)18-12-13-5-6-14(11-15(13)17)20-9-7-19(4)8-10-20/h5-6,11-12H,7-10H2,1-4H3. The quantitative estimate of drug-likeness (QED) is 0.592. The highest BCUT2D eigenvalue weighted by Crippen LogP contribution is 2.25. The molecule has 0 radical (unpaired) electrons. The Hall–Kier alpha value is -0.560. The summed E-state index contributed by atoms with van der Waals surface area (Å²) in [7, 11) is 2.15. The predicted octanol–water partition coefficient (Wildman–Crippen LogP) is 3.08. The molecule has 1 aliphatic rings. The monoisotopic (exact) mass is 385 g/mol. The van der Waals surface area contributed by atoms with E-state index in [1.807, 2.05) is 26.8 Å². The zero-order valence-electron chi connectivity index (χ0n) is 13.7. The Balaban J connectivity index is 2.08. The van der Waals surface area contributed by atoms with Crippen molar-refractivity contribution in [3.05, 3.63) is 28.2 Å². The van der Waals surface area contributed by atoms with Crippen LogP contribution in [-0.4, -0.2) is 53.6 Å². The Morgan fingerprint density at radius 3 is 2.41 bits per heavy atom. The van der Waals surface area contributed by atoms with Crippen LogP contribution in [0.15, 0.2) is 27.1 Å². The maximum atomic E-state index is 12.0. The second kappa shape index (κ2) is 7.34. The third-order valence-electron chi connectivity index (χ3n) is 3.66. The molecule has 1 heterocycles. The van der Waals surface area contributed by atoms with Crippen molar-refractivity contribution in [3.63, 3.8) is 0 Å². The molecular formula is C16H24BrN3OS. The Labute approximate surface area is 145 Å². The molecule has 4 nitrogen and oxygen atoms in total. The number of likely N-dealkylation sites (N-methyl/N-ethyl adjacent to an activating group) is 1. The number of rotatable bonds is 3. The zero-order valence-corrected chi connectivity index (χ0v) is 16.1. The van der Waals surface area contributed by atoms with Crippen LogP contribution in [0.1, 0.15) is 26.3 Å². The number of benzene rings is 1. The summed E-state index contributed by atoms with van der Waals surface area (Å²) < 4.78 is 16.8. The number of piperazine rings is 1. The number of halogens is 1. The minimum absolute atomic E-state index is 0.331. The van der Waals surface area contributed by atoms with Crippen molar-refractivity contribution in [3.8, 4) is 0 Å². The van der Waals surface area contributed by atoms with Gasteiger partial charge >= 0.3 is 0 Å². The average molecular weight is 386 g/mol. The van der Waals surface area contributed by atoms with Gasteiger partial charge in [0.15, 0.2) is 0 Å². The van der Waals surface area contributed by atoms with Crippen LogP contribution in [0.3, 0.4) is 0 Å². The predicted molar refractivity (Wildman–Crippen MR) is 99.3 cm³/mol. The van der Waals surface area contributed by atoms with Crippen LogP contribution in [0, 0.1) is 0 Å². The van der Waals surface area contributed by atoms with Crippen molar-refractivity contribution >= 4 is 39.2 Å². The normalized spacial score (nSPS) is 18.9. The SMILES string of the molecule is CN1CCN(c2ccc(C=N[S+]([O-])C(C)(C)C)c(Br)c2)CC1. The van der Waals surface area contributed by atoms with Gasteiger partial charge in [-0.15, -0.1) is 0 Å². The lowest BCUT2D eigenvalue weighted by atomic mass is 10.2. The molecule has 122 valence electrons. The van der Waals surface area contributed by atoms with Crippen molar-refractivity contribution in [2.75, 3.05) is 38.1 Å². The van der Waals surface area contributed by atoms with E-state index in [0.29, 0.717) is 0 Å². The second-order valence-electron chi connectivity index (χ2n) is 6.59. The van der Waals surface area contributed by atoms with Gasteiger partial charge < -0.3 is 14.4 Å². The molecule has 1 saturated heterocycles. The Kier molecular flexibility index (Phi) is 5.94. The summed E-state index contributed by atoms with van der Waals surface area (Å²) in [5.41, 5.74) is 2.17. The first-order chi connectivity index (χ1) is 10.3. The highest BCUT2D eigenvalue weighted by atomic mass is 79.9. The molecule has 0 spiro atoms. The van der Waals surface area contributed by atoms with Crippen LogP contribution in [0.5, 0.6) is 0 Å². The van der Waals surface area contributed by atoms with E-state index in [-0.39, 0.29) is 4.75 Å². The molecular weight excluding hydrogens is 362 g/mol. The smallest absolute Gasteiger partial charge is 0.144 e. The number of anilines is 1. The van der Waals surface area contributed by atoms with Crippen LogP contribution in [-0.2, 0) is 11.4 Å². The maximum absolute atomic E-state index is 12.0. The highest BCUT2D eigenvalue weighted by molar-refractivity contribution is 9.10. The van der Waals surface area contributed by atoms with E-state index in [9.17, 15) is 4.55 Å². The molecule has 1 aromatic rings. The van der Waals surface area contributed by atoms with Gasteiger partial charge in [-0.3, -0.25) is 0 Å². The van der Waals surface area contributed by atoms with E-state index >= 15 is 0 Å². The lowest BCUT2D eigenvalue weighted by Crippen LogP contribution is -2.44. The molecule has 2 rings (SSSR count). The summed E-state index contributed by atoms with van der Waals surface area (Å²) in [6.07, 6.45) is 1.69. The van der Waals surface area contributed by atoms with Gasteiger partial charge in [0.25, 0.3) is 0 Å². The molecule has 1 unspecified atom stereocenters. The lowest BCUT2D eigenvalue weighted by Gasteiger charge is -2.34. The van der Waals surface area contributed by atoms with Gasteiger partial charge in [-0.1, -0.05) is 26.4 Å². The topological polar surface area (TPSA) is 41.9 Å². The molecule has 1 aromatic carbocycles. The van der Waals surface area contributed by atoms with Crippen molar-refractivity contribution in [2.45, 2.75) is 25.5 Å². The fourth-order valence-corrected chi connectivity index (χ4v) is 3.14. The van der Waals surface area contributed by atoms with Crippen molar-refractivity contribution in [2.24, 2.45) is 4.40 Å². The molecule has 0 N–H and O–H groups in total. The molecule has 1 atom stereocenters. The molecule has 0 bridgehead atoms. The summed E-state index contributed by atoms with van der Waals surface area (Å²) in [5, 5.41) is 0. The van der Waals surface area contributed by atoms with Crippen LogP contribution in [0.25, 0.3) is 0 Å². The minimum Gasteiger partial charge on any atom is -0.591 e. The van der Waals surface area contributed by atoms with Gasteiger partial charge in [-0.2, -0.15) is 0 Å². The van der Waals surface area contributed by atoms with E-state index < -0.39 is 11.4 Å². The number of nitrogens with zero attached hydrogens (tertiary/aromatic N) is 3. The summed E-state index contributed by atoms with van der Waals surface area (Å²) in [6.45, 7) is 10.0. The largest absolute Gasteiger partial charge is 0.591 e. The van der Waals surface area contributed by atoms with E-state index in [0.717, 1.165) is 36.2 Å². The van der Waals surface area contributed by atoms with Crippen molar-refractivity contribution in [1.82, 2.24) is 4.90 Å². The molecule has 0 aliphatic carbocycles. The number of hydrogen-bond acceptors (Lipinski definition) is 4. The van der Waals surface area contributed by atoms with Crippen LogP contribution < -0.4 is 4.90 Å². The minimum atomic E-state index is -1.23. The summed E-state index contributed by atoms with van der Waals surface area (Å²) >= 11 is 2.37. The Morgan fingerprint density at radius 1 is 1.23 bits per heavy atom. The Bertz CT molecular complexity index is 537. The number of hydrogen-bond donors (Lipinski definition) is 0. The highest BCUT2D eigenvalue weighted by Gasteiger charge is 2.25. The van der Waals surface area contributed by atoms with E-state index in [2.05, 4.69) is 49.3 Å². The third kappa shape index (κ3) is 4.72. The summed E-state index contributed by atoms with van der Waals surface area (Å²) in [4.78, 5) is 4.73. The van der Waals surface area contributed by atoms with Gasteiger partial charge in [-0.05, 0) is 40.0 Å². The van der Waals surface area contributed by atoms with Gasteiger partial charge in [0.2, 0.25) is 0 Å². The van der Waals surface area contributed by atoms with Gasteiger partial charge in [0, 0.05) is 41.9 Å². The van der Waals surface area contributed by atoms with Gasteiger partial charge in [0.1, 0.15) is 16.1 Å². The fraction of sp³-hybridized carbons (Fsp3) is 0.562. The molecule has 6 heteroatoms. The maximum Gasteiger partial charge on any atom is 0.144 e. The first-order valence-electron chi connectivity index (χ1n) is 7.46. The van der Waals surface area contributed by atoms with Crippen LogP contribution in [0.4, 0.5) is 5.69 Å². The van der Waals surface area contributed by atoms with E-state index in [1.54, 1.807) is 6.21 Å². The first-order valence-corrected chi connectivity index (χ1v) is 9.36.